The van der Waals surface area contributed by atoms with Gasteiger partial charge in [0.05, 0.1) is 5.69 Å². The number of benzene rings is 2. The van der Waals surface area contributed by atoms with E-state index in [0.717, 1.165) is 23.3 Å². The van der Waals surface area contributed by atoms with Gasteiger partial charge in [0, 0.05) is 17.7 Å². The van der Waals surface area contributed by atoms with Gasteiger partial charge in [-0.2, -0.15) is 0 Å². The summed E-state index contributed by atoms with van der Waals surface area (Å²) in [5.74, 6) is -0.476. The number of carbonyl (C=O) groups excluding carboxylic acids is 2. The van der Waals surface area contributed by atoms with Crippen molar-refractivity contribution in [3.05, 3.63) is 71.6 Å². The number of hydrogen-bond acceptors (Lipinski definition) is 3. The molecule has 0 aliphatic carbocycles. The number of anilines is 1. The summed E-state index contributed by atoms with van der Waals surface area (Å²) >= 11 is 0. The highest BCUT2D eigenvalue weighted by Crippen LogP contribution is 2.23. The summed E-state index contributed by atoms with van der Waals surface area (Å²) in [7, 11) is 0. The van der Waals surface area contributed by atoms with E-state index in [2.05, 4.69) is 6.92 Å². The number of ether oxygens (including phenoxy) is 1. The zero-order valence-electron chi connectivity index (χ0n) is 13.9. The fourth-order valence-electron chi connectivity index (χ4n) is 2.66. The molecule has 0 fully saturated rings. The normalized spacial score (nSPS) is 13.6. The lowest BCUT2D eigenvalue weighted by Gasteiger charge is -2.14. The van der Waals surface area contributed by atoms with Crippen LogP contribution in [0.4, 0.5) is 10.1 Å². The molecule has 0 N–H and O–H groups in total. The van der Waals surface area contributed by atoms with Crippen LogP contribution in [-0.4, -0.2) is 11.8 Å². The van der Waals surface area contributed by atoms with Crippen LogP contribution in [0.1, 0.15) is 24.5 Å². The van der Waals surface area contributed by atoms with Gasteiger partial charge < -0.3 is 4.74 Å². The van der Waals surface area contributed by atoms with Crippen LogP contribution < -0.4 is 9.64 Å². The third-order valence-corrected chi connectivity index (χ3v) is 3.95. The summed E-state index contributed by atoms with van der Waals surface area (Å²) < 4.78 is 19.7. The lowest BCUT2D eigenvalue weighted by Crippen LogP contribution is -2.29. The Morgan fingerprint density at radius 1 is 1.00 bits per heavy atom. The molecule has 1 heterocycles. The van der Waals surface area contributed by atoms with Gasteiger partial charge in [0.15, 0.2) is 0 Å². The highest BCUT2D eigenvalue weighted by molar-refractivity contribution is 6.28. The Hall–Kier alpha value is -2.95. The molecule has 5 heteroatoms. The second-order valence-corrected chi connectivity index (χ2v) is 5.80. The lowest BCUT2D eigenvalue weighted by molar-refractivity contribution is -0.119. The predicted octanol–water partition coefficient (Wildman–Crippen LogP) is 3.79. The standard InChI is InChI=1S/C20H18FNO3/c1-2-3-14-4-5-15(18(21)12-14)13-25-17-8-6-16(7-9-17)22-19(23)10-11-20(22)24/h4-12H,2-3,13H2,1H3. The lowest BCUT2D eigenvalue weighted by atomic mass is 10.1. The van der Waals surface area contributed by atoms with Gasteiger partial charge in [-0.25, -0.2) is 9.29 Å². The largest absolute Gasteiger partial charge is 0.489 e. The number of nitrogens with zero attached hydrogens (tertiary/aromatic N) is 1. The van der Waals surface area contributed by atoms with Crippen molar-refractivity contribution >= 4 is 17.5 Å². The van der Waals surface area contributed by atoms with Crippen LogP contribution in [0.5, 0.6) is 5.75 Å². The van der Waals surface area contributed by atoms with Crippen LogP contribution >= 0.6 is 0 Å². The smallest absolute Gasteiger partial charge is 0.258 e. The topological polar surface area (TPSA) is 46.6 Å². The molecule has 0 spiro atoms. The first-order valence-electron chi connectivity index (χ1n) is 8.15. The van der Waals surface area contributed by atoms with Crippen LogP contribution in [0.15, 0.2) is 54.6 Å². The molecule has 4 nitrogen and oxygen atoms in total. The molecule has 0 saturated heterocycles. The van der Waals surface area contributed by atoms with Crippen molar-refractivity contribution in [2.45, 2.75) is 26.4 Å². The monoisotopic (exact) mass is 339 g/mol. The molecule has 1 aliphatic heterocycles. The van der Waals surface area contributed by atoms with Crippen molar-refractivity contribution in [2.75, 3.05) is 4.90 Å². The molecule has 3 rings (SSSR count). The molecule has 25 heavy (non-hydrogen) atoms. The van der Waals surface area contributed by atoms with Gasteiger partial charge >= 0.3 is 0 Å². The molecule has 0 saturated carbocycles. The minimum Gasteiger partial charge on any atom is -0.489 e. The first kappa shape index (κ1) is 16.9. The highest BCUT2D eigenvalue weighted by atomic mass is 19.1. The van der Waals surface area contributed by atoms with Crippen molar-refractivity contribution in [3.8, 4) is 5.75 Å². The van der Waals surface area contributed by atoms with Crippen molar-refractivity contribution in [3.63, 3.8) is 0 Å². The summed E-state index contributed by atoms with van der Waals surface area (Å²) in [6.07, 6.45) is 4.29. The molecule has 0 atom stereocenters. The van der Waals surface area contributed by atoms with E-state index in [9.17, 15) is 14.0 Å². The SMILES string of the molecule is CCCc1ccc(COc2ccc(N3C(=O)C=CC3=O)cc2)c(F)c1. The van der Waals surface area contributed by atoms with E-state index in [1.807, 2.05) is 6.07 Å². The number of rotatable bonds is 6. The van der Waals surface area contributed by atoms with Crippen molar-refractivity contribution in [1.82, 2.24) is 0 Å². The number of halogens is 1. The molecule has 128 valence electrons. The summed E-state index contributed by atoms with van der Waals surface area (Å²) in [5, 5.41) is 0. The zero-order chi connectivity index (χ0) is 17.8. The average molecular weight is 339 g/mol. The fourth-order valence-corrected chi connectivity index (χ4v) is 2.66. The van der Waals surface area contributed by atoms with Crippen LogP contribution in [0, 0.1) is 5.82 Å². The average Bonchev–Trinajstić information content (AvgIpc) is 2.94. The molecular formula is C20H18FNO3. The Labute approximate surface area is 145 Å². The Balaban J connectivity index is 1.64. The van der Waals surface area contributed by atoms with E-state index in [1.165, 1.54) is 12.2 Å². The minimum atomic E-state index is -0.368. The Bertz CT molecular complexity index is 809. The fraction of sp³-hybridized carbons (Fsp3) is 0.200. The van der Waals surface area contributed by atoms with Gasteiger partial charge in [0.25, 0.3) is 11.8 Å². The highest BCUT2D eigenvalue weighted by Gasteiger charge is 2.24. The second-order valence-electron chi connectivity index (χ2n) is 5.80. The van der Waals surface area contributed by atoms with Gasteiger partial charge in [-0.1, -0.05) is 25.5 Å². The van der Waals surface area contributed by atoms with Gasteiger partial charge in [-0.05, 0) is 42.3 Å². The number of imide groups is 1. The van der Waals surface area contributed by atoms with Crippen molar-refractivity contribution in [1.29, 1.82) is 0 Å². The summed E-state index contributed by atoms with van der Waals surface area (Å²) in [5.41, 5.74) is 1.93. The summed E-state index contributed by atoms with van der Waals surface area (Å²) in [4.78, 5) is 24.4. The molecule has 2 aromatic carbocycles. The molecule has 0 bridgehead atoms. The molecule has 1 aliphatic rings. The Kier molecular flexibility index (Phi) is 4.93. The van der Waals surface area contributed by atoms with Crippen LogP contribution in [0.25, 0.3) is 0 Å². The number of aryl methyl sites for hydroxylation is 1. The van der Waals surface area contributed by atoms with Crippen LogP contribution in [0.3, 0.4) is 0 Å². The summed E-state index contributed by atoms with van der Waals surface area (Å²) in [6.45, 7) is 2.17. The zero-order valence-corrected chi connectivity index (χ0v) is 13.9. The van der Waals surface area contributed by atoms with E-state index in [1.54, 1.807) is 36.4 Å². The first-order chi connectivity index (χ1) is 12.1. The number of amides is 2. The first-order valence-corrected chi connectivity index (χ1v) is 8.15. The van der Waals surface area contributed by atoms with Crippen LogP contribution in [0.2, 0.25) is 0 Å². The third kappa shape index (κ3) is 3.76. The molecule has 2 amide bonds. The van der Waals surface area contributed by atoms with E-state index in [4.69, 9.17) is 4.74 Å². The summed E-state index contributed by atoms with van der Waals surface area (Å²) in [6, 6.07) is 11.7. The van der Waals surface area contributed by atoms with E-state index in [-0.39, 0.29) is 24.2 Å². The molecule has 0 aromatic heterocycles. The Morgan fingerprint density at radius 3 is 2.28 bits per heavy atom. The maximum absolute atomic E-state index is 14.1. The minimum absolute atomic E-state index is 0.112. The van der Waals surface area contributed by atoms with Crippen molar-refractivity contribution < 1.29 is 18.7 Å². The maximum Gasteiger partial charge on any atom is 0.258 e. The van der Waals surface area contributed by atoms with Gasteiger partial charge in [-0.3, -0.25) is 9.59 Å². The quantitative estimate of drug-likeness (QED) is 0.752. The predicted molar refractivity (Wildman–Crippen MR) is 92.8 cm³/mol. The molecular weight excluding hydrogens is 321 g/mol. The number of carbonyl (C=O) groups is 2. The molecule has 0 radical (unpaired) electrons. The van der Waals surface area contributed by atoms with E-state index in [0.29, 0.717) is 17.0 Å². The molecule has 0 unspecified atom stereocenters. The number of hydrogen-bond donors (Lipinski definition) is 0. The van der Waals surface area contributed by atoms with Gasteiger partial charge in [0.2, 0.25) is 0 Å². The molecule has 2 aromatic rings. The maximum atomic E-state index is 14.1. The van der Waals surface area contributed by atoms with Gasteiger partial charge in [-0.15, -0.1) is 0 Å². The van der Waals surface area contributed by atoms with Crippen molar-refractivity contribution in [2.24, 2.45) is 0 Å². The van der Waals surface area contributed by atoms with E-state index < -0.39 is 0 Å². The second kappa shape index (κ2) is 7.30. The Morgan fingerprint density at radius 2 is 1.68 bits per heavy atom. The third-order valence-electron chi connectivity index (χ3n) is 3.95. The van der Waals surface area contributed by atoms with Gasteiger partial charge in [0.1, 0.15) is 18.2 Å². The van der Waals surface area contributed by atoms with E-state index >= 15 is 0 Å². The van der Waals surface area contributed by atoms with Crippen LogP contribution in [-0.2, 0) is 22.6 Å².